The van der Waals surface area contributed by atoms with E-state index in [1.54, 1.807) is 6.20 Å². The fraction of sp³-hybridized carbons (Fsp3) is 0.286. The Morgan fingerprint density at radius 1 is 1.17 bits per heavy atom. The van der Waals surface area contributed by atoms with Gasteiger partial charge in [0.05, 0.1) is 0 Å². The molecule has 0 bridgehead atoms. The molecule has 2 aromatic rings. The van der Waals surface area contributed by atoms with E-state index in [-0.39, 0.29) is 0 Å². The van der Waals surface area contributed by atoms with Crippen molar-refractivity contribution >= 4 is 11.6 Å². The van der Waals surface area contributed by atoms with Gasteiger partial charge in [-0.05, 0) is 32.0 Å². The predicted octanol–water partition coefficient (Wildman–Crippen LogP) is 2.70. The van der Waals surface area contributed by atoms with Crippen LogP contribution < -0.4 is 10.6 Å². The van der Waals surface area contributed by atoms with E-state index in [0.29, 0.717) is 12.0 Å². The zero-order valence-corrected chi connectivity index (χ0v) is 10.7. The molecular formula is C14H18N4. The Morgan fingerprint density at radius 2 is 1.94 bits per heavy atom. The normalized spacial score (nSPS) is 11.9. The van der Waals surface area contributed by atoms with Crippen molar-refractivity contribution in [2.45, 2.75) is 19.9 Å². The molecule has 0 amide bonds. The molecule has 0 aliphatic rings. The van der Waals surface area contributed by atoms with E-state index in [1.165, 1.54) is 0 Å². The molecule has 0 saturated carbocycles. The second kappa shape index (κ2) is 6.00. The van der Waals surface area contributed by atoms with Gasteiger partial charge in [0.15, 0.2) is 0 Å². The monoisotopic (exact) mass is 242 g/mol. The molecule has 0 fully saturated rings. The molecule has 1 atom stereocenters. The molecule has 1 unspecified atom stereocenters. The highest BCUT2D eigenvalue weighted by molar-refractivity contribution is 5.43. The van der Waals surface area contributed by atoms with E-state index in [0.717, 1.165) is 17.9 Å². The number of hydrogen-bond donors (Lipinski definition) is 2. The van der Waals surface area contributed by atoms with E-state index in [4.69, 9.17) is 0 Å². The van der Waals surface area contributed by atoms with Crippen molar-refractivity contribution in [2.24, 2.45) is 0 Å². The summed E-state index contributed by atoms with van der Waals surface area (Å²) < 4.78 is 0. The van der Waals surface area contributed by atoms with Crippen LogP contribution in [0.4, 0.5) is 11.6 Å². The van der Waals surface area contributed by atoms with Gasteiger partial charge in [-0.25, -0.2) is 9.97 Å². The molecule has 2 rings (SSSR count). The van der Waals surface area contributed by atoms with Crippen LogP contribution in [-0.2, 0) is 0 Å². The van der Waals surface area contributed by atoms with Gasteiger partial charge in [0.1, 0.15) is 0 Å². The molecule has 1 heterocycles. The third-order valence-corrected chi connectivity index (χ3v) is 2.55. The third kappa shape index (κ3) is 3.73. The van der Waals surface area contributed by atoms with Crippen LogP contribution in [0, 0.1) is 6.92 Å². The molecule has 94 valence electrons. The Morgan fingerprint density at radius 3 is 2.67 bits per heavy atom. The van der Waals surface area contributed by atoms with Crippen molar-refractivity contribution in [3.05, 3.63) is 48.3 Å². The fourth-order valence-electron chi connectivity index (χ4n) is 1.65. The second-order valence-corrected chi connectivity index (χ2v) is 4.31. The lowest BCUT2D eigenvalue weighted by atomic mass is 10.2. The van der Waals surface area contributed by atoms with Crippen molar-refractivity contribution in [1.82, 2.24) is 9.97 Å². The number of aromatic nitrogens is 2. The first kappa shape index (κ1) is 12.4. The molecule has 1 aromatic heterocycles. The van der Waals surface area contributed by atoms with Crippen molar-refractivity contribution in [3.63, 3.8) is 0 Å². The number of aryl methyl sites for hydroxylation is 1. The minimum absolute atomic E-state index is 0.302. The van der Waals surface area contributed by atoms with Gasteiger partial charge in [0.25, 0.3) is 0 Å². The van der Waals surface area contributed by atoms with Gasteiger partial charge in [-0.3, -0.25) is 0 Å². The molecule has 0 aliphatic carbocycles. The lowest BCUT2D eigenvalue weighted by Crippen LogP contribution is -2.25. The number of benzene rings is 1. The fourth-order valence-corrected chi connectivity index (χ4v) is 1.65. The zero-order valence-electron chi connectivity index (χ0n) is 10.7. The van der Waals surface area contributed by atoms with Gasteiger partial charge in [0, 0.05) is 30.2 Å². The van der Waals surface area contributed by atoms with Crippen LogP contribution in [0.15, 0.2) is 42.6 Å². The number of para-hydroxylation sites is 1. The number of nitrogens with one attached hydrogen (secondary N) is 2. The van der Waals surface area contributed by atoms with Gasteiger partial charge in [-0.2, -0.15) is 0 Å². The Labute approximate surface area is 107 Å². The highest BCUT2D eigenvalue weighted by Gasteiger charge is 2.02. The molecule has 18 heavy (non-hydrogen) atoms. The van der Waals surface area contributed by atoms with Gasteiger partial charge in [-0.1, -0.05) is 18.2 Å². The smallest absolute Gasteiger partial charge is 0.222 e. The molecule has 0 aliphatic heterocycles. The number of anilines is 2. The Kier molecular flexibility index (Phi) is 4.12. The topological polar surface area (TPSA) is 49.8 Å². The molecule has 2 N–H and O–H groups in total. The Bertz CT molecular complexity index is 484. The molecule has 0 spiro atoms. The molecule has 0 radical (unpaired) electrons. The van der Waals surface area contributed by atoms with E-state index < -0.39 is 0 Å². The zero-order chi connectivity index (χ0) is 12.8. The summed E-state index contributed by atoms with van der Waals surface area (Å²) in [5.74, 6) is 0.678. The highest BCUT2D eigenvalue weighted by Crippen LogP contribution is 2.07. The van der Waals surface area contributed by atoms with E-state index in [9.17, 15) is 0 Å². The van der Waals surface area contributed by atoms with Crippen LogP contribution in [-0.4, -0.2) is 22.6 Å². The maximum Gasteiger partial charge on any atom is 0.222 e. The van der Waals surface area contributed by atoms with Gasteiger partial charge >= 0.3 is 0 Å². The number of hydrogen-bond acceptors (Lipinski definition) is 4. The average molecular weight is 242 g/mol. The van der Waals surface area contributed by atoms with Crippen LogP contribution >= 0.6 is 0 Å². The minimum atomic E-state index is 0.302. The number of nitrogens with zero attached hydrogens (tertiary/aromatic N) is 2. The summed E-state index contributed by atoms with van der Waals surface area (Å²) in [5.41, 5.74) is 2.09. The predicted molar refractivity (Wildman–Crippen MR) is 74.8 cm³/mol. The largest absolute Gasteiger partial charge is 0.381 e. The SMILES string of the molecule is Cc1ccnc(NCC(C)Nc2ccccc2)n1. The summed E-state index contributed by atoms with van der Waals surface area (Å²) in [5, 5.41) is 6.63. The molecule has 1 aromatic carbocycles. The summed E-state index contributed by atoms with van der Waals surface area (Å²) in [6.45, 7) is 4.85. The lowest BCUT2D eigenvalue weighted by molar-refractivity contribution is 0.825. The van der Waals surface area contributed by atoms with Crippen LogP contribution in [0.25, 0.3) is 0 Å². The molecule has 4 nitrogen and oxygen atoms in total. The van der Waals surface area contributed by atoms with Gasteiger partial charge in [-0.15, -0.1) is 0 Å². The Hall–Kier alpha value is -2.10. The second-order valence-electron chi connectivity index (χ2n) is 4.31. The van der Waals surface area contributed by atoms with Crippen LogP contribution in [0.5, 0.6) is 0 Å². The van der Waals surface area contributed by atoms with Gasteiger partial charge < -0.3 is 10.6 Å². The van der Waals surface area contributed by atoms with Crippen LogP contribution in [0.2, 0.25) is 0 Å². The maximum atomic E-state index is 4.30. The average Bonchev–Trinajstić information content (AvgIpc) is 2.38. The van der Waals surface area contributed by atoms with Crippen molar-refractivity contribution in [2.75, 3.05) is 17.2 Å². The summed E-state index contributed by atoms with van der Waals surface area (Å²) in [4.78, 5) is 8.47. The van der Waals surface area contributed by atoms with Crippen molar-refractivity contribution in [1.29, 1.82) is 0 Å². The first-order valence-corrected chi connectivity index (χ1v) is 6.09. The number of rotatable bonds is 5. The molecule has 0 saturated heterocycles. The van der Waals surface area contributed by atoms with Gasteiger partial charge in [0.2, 0.25) is 5.95 Å². The first-order chi connectivity index (χ1) is 8.74. The summed E-state index contributed by atoms with van der Waals surface area (Å²) in [6, 6.07) is 12.3. The van der Waals surface area contributed by atoms with Crippen molar-refractivity contribution in [3.8, 4) is 0 Å². The summed E-state index contributed by atoms with van der Waals surface area (Å²) in [7, 11) is 0. The van der Waals surface area contributed by atoms with Crippen LogP contribution in [0.1, 0.15) is 12.6 Å². The summed E-state index contributed by atoms with van der Waals surface area (Å²) >= 11 is 0. The molecule has 4 heteroatoms. The Balaban J connectivity index is 1.83. The quantitative estimate of drug-likeness (QED) is 0.846. The highest BCUT2D eigenvalue weighted by atomic mass is 15.1. The summed E-state index contributed by atoms with van der Waals surface area (Å²) in [6.07, 6.45) is 1.76. The van der Waals surface area contributed by atoms with E-state index >= 15 is 0 Å². The van der Waals surface area contributed by atoms with E-state index in [1.807, 2.05) is 31.2 Å². The maximum absolute atomic E-state index is 4.30. The first-order valence-electron chi connectivity index (χ1n) is 6.09. The van der Waals surface area contributed by atoms with E-state index in [2.05, 4.69) is 39.7 Å². The molecular weight excluding hydrogens is 224 g/mol. The standard InChI is InChI=1S/C14H18N4/c1-11-8-9-15-14(18-11)16-10-12(2)17-13-6-4-3-5-7-13/h3-9,12,17H,10H2,1-2H3,(H,15,16,18). The van der Waals surface area contributed by atoms with Crippen LogP contribution in [0.3, 0.4) is 0 Å². The minimum Gasteiger partial charge on any atom is -0.381 e. The third-order valence-electron chi connectivity index (χ3n) is 2.55. The lowest BCUT2D eigenvalue weighted by Gasteiger charge is -2.15. The van der Waals surface area contributed by atoms with Crippen molar-refractivity contribution < 1.29 is 0 Å².